The van der Waals surface area contributed by atoms with Crippen LogP contribution < -0.4 is 4.74 Å². The van der Waals surface area contributed by atoms with E-state index in [2.05, 4.69) is 0 Å². The average Bonchev–Trinajstić information content (AvgIpc) is 3.05. The van der Waals surface area contributed by atoms with Crippen LogP contribution in [-0.2, 0) is 14.6 Å². The molecule has 0 radical (unpaired) electrons. The van der Waals surface area contributed by atoms with Gasteiger partial charge in [0.05, 0.1) is 24.4 Å². The van der Waals surface area contributed by atoms with Gasteiger partial charge in [0.15, 0.2) is 9.84 Å². The van der Waals surface area contributed by atoms with Crippen molar-refractivity contribution in [1.82, 2.24) is 4.90 Å². The smallest absolute Gasteiger partial charge is 0.233 e. The second-order valence-corrected chi connectivity index (χ2v) is 9.41. The summed E-state index contributed by atoms with van der Waals surface area (Å²) in [6.45, 7) is 1.99. The SMILES string of the molecule is COc1ccc(SCC(=O)N2CCS(=O)(=O)CC2c2ccc(C)o2)cc1. The summed E-state index contributed by atoms with van der Waals surface area (Å²) in [5.41, 5.74) is 0. The van der Waals surface area contributed by atoms with E-state index in [1.807, 2.05) is 24.3 Å². The fourth-order valence-corrected chi connectivity index (χ4v) is 5.13. The number of rotatable bonds is 5. The zero-order valence-corrected chi connectivity index (χ0v) is 16.3. The van der Waals surface area contributed by atoms with Crippen LogP contribution in [0.1, 0.15) is 17.6 Å². The summed E-state index contributed by atoms with van der Waals surface area (Å²) in [5, 5.41) is 0. The van der Waals surface area contributed by atoms with E-state index < -0.39 is 15.9 Å². The van der Waals surface area contributed by atoms with Crippen molar-refractivity contribution in [3.63, 3.8) is 0 Å². The highest BCUT2D eigenvalue weighted by atomic mass is 32.2. The number of ether oxygens (including phenoxy) is 1. The van der Waals surface area contributed by atoms with Gasteiger partial charge in [-0.15, -0.1) is 11.8 Å². The van der Waals surface area contributed by atoms with Crippen molar-refractivity contribution in [2.45, 2.75) is 17.9 Å². The van der Waals surface area contributed by atoms with E-state index in [0.29, 0.717) is 11.5 Å². The highest BCUT2D eigenvalue weighted by Gasteiger charge is 2.36. The Labute approximate surface area is 157 Å². The summed E-state index contributed by atoms with van der Waals surface area (Å²) >= 11 is 1.42. The quantitative estimate of drug-likeness (QED) is 0.725. The van der Waals surface area contributed by atoms with Gasteiger partial charge in [0.1, 0.15) is 23.3 Å². The van der Waals surface area contributed by atoms with E-state index in [9.17, 15) is 13.2 Å². The topological polar surface area (TPSA) is 76.8 Å². The maximum absolute atomic E-state index is 12.7. The monoisotopic (exact) mass is 395 g/mol. The summed E-state index contributed by atoms with van der Waals surface area (Å²) < 4.78 is 34.8. The standard InChI is InChI=1S/C18H21NO5S2/c1-13-3-8-17(24-13)16-12-26(21,22)10-9-19(16)18(20)11-25-15-6-4-14(23-2)5-7-15/h3-8,16H,9-12H2,1-2H3. The summed E-state index contributed by atoms with van der Waals surface area (Å²) in [5.74, 6) is 2.01. The first-order valence-electron chi connectivity index (χ1n) is 8.21. The number of carbonyl (C=O) groups excluding carboxylic acids is 1. The van der Waals surface area contributed by atoms with E-state index >= 15 is 0 Å². The van der Waals surface area contributed by atoms with Gasteiger partial charge < -0.3 is 14.1 Å². The number of hydrogen-bond donors (Lipinski definition) is 0. The second-order valence-electron chi connectivity index (χ2n) is 6.13. The highest BCUT2D eigenvalue weighted by molar-refractivity contribution is 8.00. The van der Waals surface area contributed by atoms with Crippen molar-refractivity contribution in [3.8, 4) is 5.75 Å². The van der Waals surface area contributed by atoms with Crippen molar-refractivity contribution in [2.24, 2.45) is 0 Å². The molecule has 2 aromatic rings. The normalized spacial score (nSPS) is 19.3. The zero-order valence-electron chi connectivity index (χ0n) is 14.7. The molecule has 1 aliphatic heterocycles. The Morgan fingerprint density at radius 2 is 2.00 bits per heavy atom. The Balaban J connectivity index is 1.71. The van der Waals surface area contributed by atoms with Gasteiger partial charge in [-0.1, -0.05) is 0 Å². The molecule has 140 valence electrons. The minimum atomic E-state index is -3.19. The Bertz CT molecular complexity index is 873. The van der Waals surface area contributed by atoms with E-state index in [1.54, 1.807) is 31.1 Å². The predicted octanol–water partition coefficient (Wildman–Crippen LogP) is 2.69. The lowest BCUT2D eigenvalue weighted by molar-refractivity contribution is -0.130. The van der Waals surface area contributed by atoms with Crippen molar-refractivity contribution < 1.29 is 22.4 Å². The molecule has 0 aliphatic carbocycles. The van der Waals surface area contributed by atoms with Crippen molar-refractivity contribution >= 4 is 27.5 Å². The molecular weight excluding hydrogens is 374 g/mol. The molecule has 1 atom stereocenters. The van der Waals surface area contributed by atoms with E-state index in [0.717, 1.165) is 10.6 Å². The van der Waals surface area contributed by atoms with Gasteiger partial charge in [-0.05, 0) is 43.3 Å². The van der Waals surface area contributed by atoms with Gasteiger partial charge >= 0.3 is 0 Å². The first kappa shape index (κ1) is 18.8. The number of aryl methyl sites for hydroxylation is 1. The van der Waals surface area contributed by atoms with Gasteiger partial charge in [-0.3, -0.25) is 4.79 Å². The predicted molar refractivity (Wildman–Crippen MR) is 100 cm³/mol. The molecule has 0 bridgehead atoms. The molecule has 8 heteroatoms. The number of hydrogen-bond acceptors (Lipinski definition) is 6. The molecule has 1 saturated heterocycles. The van der Waals surface area contributed by atoms with E-state index in [1.165, 1.54) is 11.8 Å². The van der Waals surface area contributed by atoms with Crippen LogP contribution >= 0.6 is 11.8 Å². The summed E-state index contributed by atoms with van der Waals surface area (Å²) in [7, 11) is -1.58. The van der Waals surface area contributed by atoms with Crippen molar-refractivity contribution in [1.29, 1.82) is 0 Å². The number of benzene rings is 1. The molecule has 26 heavy (non-hydrogen) atoms. The number of amides is 1. The van der Waals surface area contributed by atoms with Gasteiger partial charge in [0.2, 0.25) is 5.91 Å². The lowest BCUT2D eigenvalue weighted by Crippen LogP contribution is -2.46. The summed E-state index contributed by atoms with van der Waals surface area (Å²) in [6.07, 6.45) is 0. The van der Waals surface area contributed by atoms with Crippen LogP contribution in [0.5, 0.6) is 5.75 Å². The maximum Gasteiger partial charge on any atom is 0.233 e. The number of nitrogens with zero attached hydrogens (tertiary/aromatic N) is 1. The zero-order chi connectivity index (χ0) is 18.7. The molecule has 1 unspecified atom stereocenters. The molecular formula is C18H21NO5S2. The lowest BCUT2D eigenvalue weighted by atomic mass is 10.2. The van der Waals surface area contributed by atoms with E-state index in [4.69, 9.17) is 9.15 Å². The molecule has 0 saturated carbocycles. The third-order valence-electron chi connectivity index (χ3n) is 4.26. The third-order valence-corrected chi connectivity index (χ3v) is 6.89. The van der Waals surface area contributed by atoms with Crippen LogP contribution in [0.15, 0.2) is 45.7 Å². The molecule has 1 fully saturated rings. The first-order chi connectivity index (χ1) is 12.4. The molecule has 1 aliphatic rings. The largest absolute Gasteiger partial charge is 0.497 e. The molecule has 2 heterocycles. The van der Waals surface area contributed by atoms with Crippen LogP contribution in [0.25, 0.3) is 0 Å². The Morgan fingerprint density at radius 1 is 1.27 bits per heavy atom. The van der Waals surface area contributed by atoms with E-state index in [-0.39, 0.29) is 29.7 Å². The lowest BCUT2D eigenvalue weighted by Gasteiger charge is -2.34. The van der Waals surface area contributed by atoms with Gasteiger partial charge in [-0.25, -0.2) is 8.42 Å². The Hall–Kier alpha value is -1.93. The third kappa shape index (κ3) is 4.42. The molecule has 3 rings (SSSR count). The maximum atomic E-state index is 12.7. The molecule has 1 aromatic heterocycles. The first-order valence-corrected chi connectivity index (χ1v) is 11.0. The fraction of sp³-hybridized carbons (Fsp3) is 0.389. The van der Waals surface area contributed by atoms with Crippen LogP contribution in [-0.4, -0.2) is 50.1 Å². The van der Waals surface area contributed by atoms with Crippen LogP contribution in [0.3, 0.4) is 0 Å². The Morgan fingerprint density at radius 3 is 2.62 bits per heavy atom. The highest BCUT2D eigenvalue weighted by Crippen LogP contribution is 2.30. The van der Waals surface area contributed by atoms with Crippen LogP contribution in [0.2, 0.25) is 0 Å². The van der Waals surface area contributed by atoms with Crippen LogP contribution in [0.4, 0.5) is 0 Å². The molecule has 1 aromatic carbocycles. The Kier molecular flexibility index (Phi) is 5.62. The average molecular weight is 396 g/mol. The number of methoxy groups -OCH3 is 1. The molecule has 6 nitrogen and oxygen atoms in total. The number of carbonyl (C=O) groups is 1. The number of furan rings is 1. The number of thioether (sulfide) groups is 1. The van der Waals surface area contributed by atoms with Crippen molar-refractivity contribution in [3.05, 3.63) is 47.9 Å². The van der Waals surface area contributed by atoms with Crippen molar-refractivity contribution in [2.75, 3.05) is 30.9 Å². The minimum absolute atomic E-state index is 0.0118. The fourth-order valence-electron chi connectivity index (χ4n) is 2.87. The number of sulfone groups is 1. The second kappa shape index (κ2) is 7.75. The van der Waals surface area contributed by atoms with Gasteiger partial charge in [-0.2, -0.15) is 0 Å². The van der Waals surface area contributed by atoms with Gasteiger partial charge in [0, 0.05) is 11.4 Å². The summed E-state index contributed by atoms with van der Waals surface area (Å²) in [4.78, 5) is 15.3. The molecule has 1 amide bonds. The van der Waals surface area contributed by atoms with Crippen LogP contribution in [0, 0.1) is 6.92 Å². The molecule has 0 N–H and O–H groups in total. The summed E-state index contributed by atoms with van der Waals surface area (Å²) in [6, 6.07) is 10.4. The van der Waals surface area contributed by atoms with Gasteiger partial charge in [0.25, 0.3) is 0 Å². The molecule has 0 spiro atoms. The minimum Gasteiger partial charge on any atom is -0.497 e.